The van der Waals surface area contributed by atoms with Gasteiger partial charge in [0.05, 0.1) is 0 Å². The van der Waals surface area contributed by atoms with Crippen LogP contribution in [0, 0.1) is 0 Å². The lowest BCUT2D eigenvalue weighted by atomic mass is 10.4. The molecule has 0 unspecified atom stereocenters. The molecule has 0 atom stereocenters. The normalized spacial score (nSPS) is 11.7. The van der Waals surface area contributed by atoms with Gasteiger partial charge in [0, 0.05) is 32.1 Å². The molecule has 0 spiro atoms. The number of nitrogens with zero attached hydrogens (tertiary/aromatic N) is 1. The highest BCUT2D eigenvalue weighted by molar-refractivity contribution is 7.99. The summed E-state index contributed by atoms with van der Waals surface area (Å²) in [7, 11) is -2.07. The van der Waals surface area contributed by atoms with Crippen LogP contribution in [0.3, 0.4) is 0 Å². The van der Waals surface area contributed by atoms with Gasteiger partial charge in [-0.1, -0.05) is 0 Å². The number of aliphatic hydroxyl groups excluding tert-OH is 1. The maximum absolute atomic E-state index is 12.0. The van der Waals surface area contributed by atoms with Gasteiger partial charge in [0.15, 0.2) is 0 Å². The predicted octanol–water partition coefficient (Wildman–Crippen LogP) is -0.482. The molecule has 1 aromatic rings. The number of primary amides is 1. The van der Waals surface area contributed by atoms with Gasteiger partial charge in [0.25, 0.3) is 5.91 Å². The van der Waals surface area contributed by atoms with E-state index >= 15 is 0 Å². The number of hydrogen-bond acceptors (Lipinski definition) is 5. The van der Waals surface area contributed by atoms with Crippen molar-refractivity contribution < 1.29 is 18.3 Å². The number of amides is 1. The van der Waals surface area contributed by atoms with Crippen molar-refractivity contribution in [2.75, 3.05) is 24.7 Å². The molecule has 0 aliphatic carbocycles. The van der Waals surface area contributed by atoms with Gasteiger partial charge in [0.1, 0.15) is 10.6 Å². The van der Waals surface area contributed by atoms with E-state index < -0.39 is 15.9 Å². The van der Waals surface area contributed by atoms with Gasteiger partial charge in [-0.15, -0.1) is 0 Å². The number of hydrogen-bond donors (Lipinski definition) is 3. The molecule has 4 N–H and O–H groups in total. The second-order valence-electron chi connectivity index (χ2n) is 4.12. The van der Waals surface area contributed by atoms with Crippen molar-refractivity contribution in [1.29, 1.82) is 0 Å². The quantitative estimate of drug-likeness (QED) is 0.531. The van der Waals surface area contributed by atoms with Crippen LogP contribution in [0.1, 0.15) is 16.9 Å². The van der Waals surface area contributed by atoms with Crippen LogP contribution < -0.4 is 10.5 Å². The number of aryl methyl sites for hydroxylation is 1. The highest BCUT2D eigenvalue weighted by Gasteiger charge is 2.18. The molecule has 0 aliphatic rings. The van der Waals surface area contributed by atoms with E-state index in [1.165, 1.54) is 16.8 Å². The van der Waals surface area contributed by atoms with Crippen LogP contribution in [-0.2, 0) is 17.1 Å². The van der Waals surface area contributed by atoms with E-state index in [9.17, 15) is 13.2 Å². The van der Waals surface area contributed by atoms with Crippen molar-refractivity contribution in [3.05, 3.63) is 18.0 Å². The fourth-order valence-electron chi connectivity index (χ4n) is 1.53. The predicted molar refractivity (Wildman–Crippen MR) is 78.1 cm³/mol. The number of carbonyl (C=O) groups excluding carboxylic acids is 1. The molecule has 20 heavy (non-hydrogen) atoms. The van der Waals surface area contributed by atoms with Crippen molar-refractivity contribution in [3.8, 4) is 0 Å². The Morgan fingerprint density at radius 1 is 1.50 bits per heavy atom. The van der Waals surface area contributed by atoms with Gasteiger partial charge in [-0.25, -0.2) is 13.1 Å². The van der Waals surface area contributed by atoms with Gasteiger partial charge in [0.2, 0.25) is 10.0 Å². The first-order chi connectivity index (χ1) is 9.38. The van der Waals surface area contributed by atoms with E-state index in [4.69, 9.17) is 10.8 Å². The van der Waals surface area contributed by atoms with Crippen molar-refractivity contribution in [2.45, 2.75) is 11.3 Å². The first-order valence-electron chi connectivity index (χ1n) is 6.03. The Balaban J connectivity index is 2.56. The minimum Gasteiger partial charge on any atom is -0.396 e. The van der Waals surface area contributed by atoms with Crippen LogP contribution >= 0.6 is 11.8 Å². The second kappa shape index (κ2) is 7.67. The third-order valence-corrected chi connectivity index (χ3v) is 5.03. The van der Waals surface area contributed by atoms with E-state index in [0.717, 1.165) is 5.75 Å². The molecule has 1 heterocycles. The van der Waals surface area contributed by atoms with Gasteiger partial charge in [-0.05, 0) is 18.2 Å². The van der Waals surface area contributed by atoms with Gasteiger partial charge < -0.3 is 15.4 Å². The maximum atomic E-state index is 12.0. The lowest BCUT2D eigenvalue weighted by Crippen LogP contribution is -2.25. The van der Waals surface area contributed by atoms with E-state index in [1.807, 2.05) is 0 Å². The maximum Gasteiger partial charge on any atom is 0.265 e. The van der Waals surface area contributed by atoms with Crippen molar-refractivity contribution in [3.63, 3.8) is 0 Å². The average molecular weight is 321 g/mol. The molecule has 0 bridgehead atoms. The number of nitrogens with one attached hydrogen (secondary N) is 1. The highest BCUT2D eigenvalue weighted by atomic mass is 32.2. The number of aromatic nitrogens is 1. The molecule has 7 nitrogen and oxygen atoms in total. The summed E-state index contributed by atoms with van der Waals surface area (Å²) in [5, 5.41) is 8.61. The largest absolute Gasteiger partial charge is 0.396 e. The summed E-state index contributed by atoms with van der Waals surface area (Å²) in [6.07, 6.45) is 2.04. The molecule has 1 aromatic heterocycles. The van der Waals surface area contributed by atoms with E-state index in [-0.39, 0.29) is 17.2 Å². The molecule has 0 fully saturated rings. The van der Waals surface area contributed by atoms with Gasteiger partial charge in [-0.3, -0.25) is 4.79 Å². The number of sulfonamides is 1. The zero-order valence-electron chi connectivity index (χ0n) is 11.2. The monoisotopic (exact) mass is 321 g/mol. The molecule has 0 aliphatic heterocycles. The summed E-state index contributed by atoms with van der Waals surface area (Å²) in [6, 6.07) is 1.25. The van der Waals surface area contributed by atoms with Crippen LogP contribution in [0.15, 0.2) is 17.2 Å². The summed E-state index contributed by atoms with van der Waals surface area (Å²) >= 11 is 1.56. The zero-order valence-corrected chi connectivity index (χ0v) is 12.8. The van der Waals surface area contributed by atoms with Crippen LogP contribution in [0.5, 0.6) is 0 Å². The topological polar surface area (TPSA) is 114 Å². The van der Waals surface area contributed by atoms with Gasteiger partial charge >= 0.3 is 0 Å². The van der Waals surface area contributed by atoms with E-state index in [1.54, 1.807) is 18.8 Å². The molecule has 0 aromatic carbocycles. The summed E-state index contributed by atoms with van der Waals surface area (Å²) in [5.74, 6) is 0.734. The molecule has 1 amide bonds. The van der Waals surface area contributed by atoms with E-state index in [0.29, 0.717) is 18.7 Å². The molecular formula is C11H19N3O4S2. The smallest absolute Gasteiger partial charge is 0.265 e. The molecule has 0 radical (unpaired) electrons. The second-order valence-corrected chi connectivity index (χ2v) is 7.12. The number of aliphatic hydroxyl groups is 1. The highest BCUT2D eigenvalue weighted by Crippen LogP contribution is 2.13. The molecule has 0 saturated carbocycles. The minimum atomic E-state index is -3.63. The Kier molecular flexibility index (Phi) is 6.53. The summed E-state index contributed by atoms with van der Waals surface area (Å²) < 4.78 is 27.8. The van der Waals surface area contributed by atoms with Crippen LogP contribution in [0.2, 0.25) is 0 Å². The SMILES string of the molecule is Cn1cc(S(=O)(=O)NCCSCCCO)cc1C(N)=O. The van der Waals surface area contributed by atoms with Crippen LogP contribution in [0.25, 0.3) is 0 Å². The fourth-order valence-corrected chi connectivity index (χ4v) is 3.54. The Hall–Kier alpha value is -1.03. The number of carbonyl (C=O) groups is 1. The number of thioether (sulfide) groups is 1. The van der Waals surface area contributed by atoms with Crippen LogP contribution in [-0.4, -0.2) is 48.7 Å². The zero-order chi connectivity index (χ0) is 15.2. The fraction of sp³-hybridized carbons (Fsp3) is 0.545. The molecule has 9 heteroatoms. The Morgan fingerprint density at radius 3 is 2.75 bits per heavy atom. The first kappa shape index (κ1) is 17.0. The molecular weight excluding hydrogens is 302 g/mol. The Morgan fingerprint density at radius 2 is 2.20 bits per heavy atom. The third kappa shape index (κ3) is 4.82. The Labute approximate surface area is 122 Å². The standard InChI is InChI=1S/C11H19N3O4S2/c1-14-8-9(7-10(14)11(12)16)20(17,18)13-3-6-19-5-2-4-15/h7-8,13,15H,2-6H2,1H3,(H2,12,16). The van der Waals surface area contributed by atoms with Gasteiger partial charge in [-0.2, -0.15) is 11.8 Å². The lowest BCUT2D eigenvalue weighted by molar-refractivity contribution is 0.0992. The summed E-state index contributed by atoms with van der Waals surface area (Å²) in [5.41, 5.74) is 5.28. The number of nitrogens with two attached hydrogens (primary N) is 1. The third-order valence-electron chi connectivity index (χ3n) is 2.53. The van der Waals surface area contributed by atoms with Crippen molar-refractivity contribution in [2.24, 2.45) is 12.8 Å². The van der Waals surface area contributed by atoms with Crippen LogP contribution in [0.4, 0.5) is 0 Å². The lowest BCUT2D eigenvalue weighted by Gasteiger charge is -2.04. The van der Waals surface area contributed by atoms with Crippen molar-refractivity contribution >= 4 is 27.7 Å². The molecule has 1 rings (SSSR count). The summed E-state index contributed by atoms with van der Waals surface area (Å²) in [6.45, 7) is 0.428. The summed E-state index contributed by atoms with van der Waals surface area (Å²) in [4.78, 5) is 11.1. The minimum absolute atomic E-state index is 0.0224. The Bertz CT molecular complexity index is 554. The molecule has 114 valence electrons. The van der Waals surface area contributed by atoms with E-state index in [2.05, 4.69) is 4.72 Å². The first-order valence-corrected chi connectivity index (χ1v) is 8.66. The number of rotatable bonds is 9. The van der Waals surface area contributed by atoms with Crippen molar-refractivity contribution in [1.82, 2.24) is 9.29 Å². The molecule has 0 saturated heterocycles. The average Bonchev–Trinajstić information content (AvgIpc) is 2.76.